The van der Waals surface area contributed by atoms with Crippen LogP contribution in [0, 0.1) is 0 Å². The molecule has 3 heteroatoms. The van der Waals surface area contributed by atoms with Gasteiger partial charge in [0, 0.05) is 32.6 Å². The summed E-state index contributed by atoms with van der Waals surface area (Å²) in [5, 5.41) is 3.19. The molecule has 0 aromatic rings. The number of allylic oxidation sites excluding steroid dienone is 1. The van der Waals surface area contributed by atoms with Crippen LogP contribution in [0.2, 0.25) is 0 Å². The molecule has 1 amide bonds. The van der Waals surface area contributed by atoms with E-state index in [-0.39, 0.29) is 5.91 Å². The summed E-state index contributed by atoms with van der Waals surface area (Å²) in [4.78, 5) is 13.4. The average molecular weight is 198 g/mol. The van der Waals surface area contributed by atoms with Crippen molar-refractivity contribution < 1.29 is 4.79 Å². The Bertz CT molecular complexity index is 174. The van der Waals surface area contributed by atoms with E-state index in [1.165, 1.54) is 0 Å². The highest BCUT2D eigenvalue weighted by molar-refractivity contribution is 5.76. The van der Waals surface area contributed by atoms with Crippen LogP contribution >= 0.6 is 0 Å². The predicted octanol–water partition coefficient (Wildman–Crippen LogP) is 1.41. The maximum atomic E-state index is 11.5. The van der Waals surface area contributed by atoms with Crippen molar-refractivity contribution in [3.63, 3.8) is 0 Å². The molecule has 14 heavy (non-hydrogen) atoms. The monoisotopic (exact) mass is 198 g/mol. The van der Waals surface area contributed by atoms with Crippen LogP contribution in [0.3, 0.4) is 0 Å². The van der Waals surface area contributed by atoms with Crippen LogP contribution in [0.5, 0.6) is 0 Å². The van der Waals surface area contributed by atoms with Gasteiger partial charge in [-0.2, -0.15) is 0 Å². The van der Waals surface area contributed by atoms with Crippen molar-refractivity contribution in [2.24, 2.45) is 0 Å². The first-order valence-corrected chi connectivity index (χ1v) is 5.35. The first-order chi connectivity index (χ1) is 6.76. The number of hydrogen-bond donors (Lipinski definition) is 1. The Balaban J connectivity index is 3.52. The first kappa shape index (κ1) is 13.2. The van der Waals surface area contributed by atoms with E-state index in [0.717, 1.165) is 26.2 Å². The van der Waals surface area contributed by atoms with Gasteiger partial charge >= 0.3 is 0 Å². The number of rotatable bonds is 7. The molecule has 3 nitrogen and oxygen atoms in total. The standard InChI is InChI=1S/C11H22N2O/c1-4-7-9-12-10-8-11(14)13(5-2)6-3/h4,7,12H,5-6,8-10H2,1-3H3/b7-4+. The van der Waals surface area contributed by atoms with Gasteiger partial charge in [0.25, 0.3) is 0 Å². The van der Waals surface area contributed by atoms with E-state index in [1.54, 1.807) is 0 Å². The Morgan fingerprint density at radius 1 is 1.36 bits per heavy atom. The Morgan fingerprint density at radius 3 is 2.50 bits per heavy atom. The zero-order chi connectivity index (χ0) is 10.8. The number of nitrogens with one attached hydrogen (secondary N) is 1. The molecule has 0 saturated heterocycles. The third kappa shape index (κ3) is 5.75. The molecule has 0 atom stereocenters. The fraction of sp³-hybridized carbons (Fsp3) is 0.727. The lowest BCUT2D eigenvalue weighted by molar-refractivity contribution is -0.130. The Labute approximate surface area is 87.2 Å². The average Bonchev–Trinajstić information content (AvgIpc) is 2.19. The van der Waals surface area contributed by atoms with Gasteiger partial charge in [-0.25, -0.2) is 0 Å². The van der Waals surface area contributed by atoms with E-state index in [2.05, 4.69) is 5.32 Å². The minimum atomic E-state index is 0.239. The van der Waals surface area contributed by atoms with Gasteiger partial charge in [0.1, 0.15) is 0 Å². The normalized spacial score (nSPS) is 10.8. The SMILES string of the molecule is C/C=C/CNCCC(=O)N(CC)CC. The highest BCUT2D eigenvalue weighted by Gasteiger charge is 2.07. The number of carbonyl (C=O) groups is 1. The van der Waals surface area contributed by atoms with E-state index in [1.807, 2.05) is 37.8 Å². The molecule has 0 fully saturated rings. The summed E-state index contributed by atoms with van der Waals surface area (Å²) in [5.41, 5.74) is 0. The molecule has 0 aromatic heterocycles. The molecule has 0 radical (unpaired) electrons. The molecule has 0 saturated carbocycles. The molecular weight excluding hydrogens is 176 g/mol. The maximum absolute atomic E-state index is 11.5. The van der Waals surface area contributed by atoms with Crippen molar-refractivity contribution in [3.8, 4) is 0 Å². The van der Waals surface area contributed by atoms with Crippen LogP contribution in [0.15, 0.2) is 12.2 Å². The molecule has 0 aliphatic carbocycles. The fourth-order valence-electron chi connectivity index (χ4n) is 1.23. The zero-order valence-corrected chi connectivity index (χ0v) is 9.55. The molecule has 0 bridgehead atoms. The van der Waals surface area contributed by atoms with Crippen LogP contribution in [-0.2, 0) is 4.79 Å². The van der Waals surface area contributed by atoms with Gasteiger partial charge in [-0.15, -0.1) is 0 Å². The van der Waals surface area contributed by atoms with Gasteiger partial charge in [-0.1, -0.05) is 12.2 Å². The highest BCUT2D eigenvalue weighted by atomic mass is 16.2. The molecule has 0 unspecified atom stereocenters. The van der Waals surface area contributed by atoms with Gasteiger partial charge < -0.3 is 10.2 Å². The summed E-state index contributed by atoms with van der Waals surface area (Å²) in [6, 6.07) is 0. The topological polar surface area (TPSA) is 32.3 Å². The molecule has 82 valence electrons. The molecule has 0 aromatic carbocycles. The van der Waals surface area contributed by atoms with Gasteiger partial charge in [0.2, 0.25) is 5.91 Å². The summed E-state index contributed by atoms with van der Waals surface area (Å²) < 4.78 is 0. The van der Waals surface area contributed by atoms with Gasteiger partial charge in [0.05, 0.1) is 0 Å². The van der Waals surface area contributed by atoms with E-state index in [0.29, 0.717) is 6.42 Å². The summed E-state index contributed by atoms with van der Waals surface area (Å²) in [6.07, 6.45) is 4.64. The van der Waals surface area contributed by atoms with Gasteiger partial charge in [0.15, 0.2) is 0 Å². The fourth-order valence-corrected chi connectivity index (χ4v) is 1.23. The third-order valence-corrected chi connectivity index (χ3v) is 2.13. The van der Waals surface area contributed by atoms with E-state index in [9.17, 15) is 4.79 Å². The minimum absolute atomic E-state index is 0.239. The van der Waals surface area contributed by atoms with Crippen molar-refractivity contribution in [2.75, 3.05) is 26.2 Å². The van der Waals surface area contributed by atoms with Crippen molar-refractivity contribution in [3.05, 3.63) is 12.2 Å². The lowest BCUT2D eigenvalue weighted by atomic mass is 10.3. The second kappa shape index (κ2) is 8.75. The smallest absolute Gasteiger partial charge is 0.223 e. The van der Waals surface area contributed by atoms with Gasteiger partial charge in [-0.3, -0.25) is 4.79 Å². The quantitative estimate of drug-likeness (QED) is 0.495. The van der Waals surface area contributed by atoms with Gasteiger partial charge in [-0.05, 0) is 20.8 Å². The predicted molar refractivity (Wildman–Crippen MR) is 60.2 cm³/mol. The lowest BCUT2D eigenvalue weighted by Crippen LogP contribution is -2.32. The number of carbonyl (C=O) groups excluding carboxylic acids is 1. The summed E-state index contributed by atoms with van der Waals surface area (Å²) in [7, 11) is 0. The largest absolute Gasteiger partial charge is 0.343 e. The molecule has 0 rings (SSSR count). The number of hydrogen-bond acceptors (Lipinski definition) is 2. The number of nitrogens with zero attached hydrogens (tertiary/aromatic N) is 1. The maximum Gasteiger partial charge on any atom is 0.223 e. The Kier molecular flexibility index (Phi) is 8.24. The number of amides is 1. The third-order valence-electron chi connectivity index (χ3n) is 2.13. The van der Waals surface area contributed by atoms with E-state index in [4.69, 9.17) is 0 Å². The second-order valence-corrected chi connectivity index (χ2v) is 3.09. The Hall–Kier alpha value is -0.830. The molecule has 0 spiro atoms. The second-order valence-electron chi connectivity index (χ2n) is 3.09. The molecule has 0 aliphatic heterocycles. The van der Waals surface area contributed by atoms with E-state index < -0.39 is 0 Å². The highest BCUT2D eigenvalue weighted by Crippen LogP contribution is 1.92. The van der Waals surface area contributed by atoms with Crippen LogP contribution < -0.4 is 5.32 Å². The summed E-state index contributed by atoms with van der Waals surface area (Å²) in [6.45, 7) is 9.24. The first-order valence-electron chi connectivity index (χ1n) is 5.35. The van der Waals surface area contributed by atoms with Crippen molar-refractivity contribution in [2.45, 2.75) is 27.2 Å². The van der Waals surface area contributed by atoms with Crippen molar-refractivity contribution >= 4 is 5.91 Å². The van der Waals surface area contributed by atoms with Crippen molar-refractivity contribution in [1.82, 2.24) is 10.2 Å². The van der Waals surface area contributed by atoms with Crippen LogP contribution in [0.1, 0.15) is 27.2 Å². The van der Waals surface area contributed by atoms with Crippen LogP contribution in [0.4, 0.5) is 0 Å². The summed E-state index contributed by atoms with van der Waals surface area (Å²) in [5.74, 6) is 0.239. The molecular formula is C11H22N2O. The van der Waals surface area contributed by atoms with E-state index >= 15 is 0 Å². The zero-order valence-electron chi connectivity index (χ0n) is 9.55. The van der Waals surface area contributed by atoms with Crippen LogP contribution in [0.25, 0.3) is 0 Å². The van der Waals surface area contributed by atoms with Crippen molar-refractivity contribution in [1.29, 1.82) is 0 Å². The molecule has 1 N–H and O–H groups in total. The van der Waals surface area contributed by atoms with Crippen LogP contribution in [-0.4, -0.2) is 37.0 Å². The lowest BCUT2D eigenvalue weighted by Gasteiger charge is -2.18. The molecule has 0 heterocycles. The molecule has 0 aliphatic rings. The minimum Gasteiger partial charge on any atom is -0.343 e. The Morgan fingerprint density at radius 2 is 2.00 bits per heavy atom. The summed E-state index contributed by atoms with van der Waals surface area (Å²) >= 11 is 0.